The fourth-order valence-corrected chi connectivity index (χ4v) is 3.54. The van der Waals surface area contributed by atoms with Gasteiger partial charge in [-0.3, -0.25) is 0 Å². The SMILES string of the molecule is c1ccc(CCOc2cccc(CNc3cccc(OCC4CCCO4)c3)c2)cc1. The monoisotopic (exact) mass is 403 g/mol. The molecule has 4 nitrogen and oxygen atoms in total. The predicted molar refractivity (Wildman–Crippen MR) is 120 cm³/mol. The second-order valence-corrected chi connectivity index (χ2v) is 7.56. The van der Waals surface area contributed by atoms with E-state index in [1.807, 2.05) is 36.4 Å². The number of ether oxygens (including phenoxy) is 3. The Morgan fingerprint density at radius 2 is 1.63 bits per heavy atom. The summed E-state index contributed by atoms with van der Waals surface area (Å²) in [5.74, 6) is 1.77. The molecule has 0 aliphatic carbocycles. The maximum Gasteiger partial charge on any atom is 0.121 e. The minimum Gasteiger partial charge on any atom is -0.493 e. The van der Waals surface area contributed by atoms with Crippen LogP contribution in [0.1, 0.15) is 24.0 Å². The Morgan fingerprint density at radius 1 is 0.833 bits per heavy atom. The number of hydrogen-bond donors (Lipinski definition) is 1. The third kappa shape index (κ3) is 6.26. The number of nitrogens with one attached hydrogen (secondary N) is 1. The number of benzene rings is 3. The highest BCUT2D eigenvalue weighted by atomic mass is 16.5. The molecule has 4 rings (SSSR count). The van der Waals surface area contributed by atoms with Crippen LogP contribution in [0.5, 0.6) is 11.5 Å². The first kappa shape index (κ1) is 20.3. The van der Waals surface area contributed by atoms with E-state index in [2.05, 4.69) is 47.8 Å². The normalized spacial score (nSPS) is 15.7. The molecule has 3 aromatic rings. The van der Waals surface area contributed by atoms with Gasteiger partial charge in [-0.15, -0.1) is 0 Å². The molecule has 0 spiro atoms. The van der Waals surface area contributed by atoms with Crippen molar-refractivity contribution < 1.29 is 14.2 Å². The molecular weight excluding hydrogens is 374 g/mol. The van der Waals surface area contributed by atoms with E-state index in [9.17, 15) is 0 Å². The van der Waals surface area contributed by atoms with Crippen LogP contribution in [0.4, 0.5) is 5.69 Å². The summed E-state index contributed by atoms with van der Waals surface area (Å²) in [6.45, 7) is 2.87. The van der Waals surface area contributed by atoms with Gasteiger partial charge in [-0.05, 0) is 48.2 Å². The Balaban J connectivity index is 1.25. The molecule has 0 saturated carbocycles. The van der Waals surface area contributed by atoms with Gasteiger partial charge in [-0.1, -0.05) is 48.5 Å². The summed E-state index contributed by atoms with van der Waals surface area (Å²) in [5.41, 5.74) is 3.50. The molecule has 0 amide bonds. The summed E-state index contributed by atoms with van der Waals surface area (Å²) >= 11 is 0. The fraction of sp³-hybridized carbons (Fsp3) is 0.308. The van der Waals surface area contributed by atoms with Crippen molar-refractivity contribution in [2.75, 3.05) is 25.1 Å². The van der Waals surface area contributed by atoms with Crippen molar-refractivity contribution in [2.45, 2.75) is 31.9 Å². The first-order valence-electron chi connectivity index (χ1n) is 10.7. The average Bonchev–Trinajstić information content (AvgIpc) is 3.32. The molecule has 1 N–H and O–H groups in total. The molecule has 1 atom stereocenters. The Bertz CT molecular complexity index is 907. The first-order chi connectivity index (χ1) is 14.8. The van der Waals surface area contributed by atoms with Gasteiger partial charge in [0.1, 0.15) is 18.1 Å². The molecule has 4 heteroatoms. The lowest BCUT2D eigenvalue weighted by Gasteiger charge is -2.13. The molecule has 1 unspecified atom stereocenters. The average molecular weight is 404 g/mol. The highest BCUT2D eigenvalue weighted by Crippen LogP contribution is 2.21. The predicted octanol–water partition coefficient (Wildman–Crippen LogP) is 5.48. The lowest BCUT2D eigenvalue weighted by molar-refractivity contribution is 0.0680. The van der Waals surface area contributed by atoms with Gasteiger partial charge in [0.2, 0.25) is 0 Å². The van der Waals surface area contributed by atoms with Crippen molar-refractivity contribution in [3.63, 3.8) is 0 Å². The van der Waals surface area contributed by atoms with E-state index in [0.29, 0.717) is 13.2 Å². The van der Waals surface area contributed by atoms with Crippen molar-refractivity contribution in [3.8, 4) is 11.5 Å². The Labute approximate surface area is 178 Å². The summed E-state index contributed by atoms with van der Waals surface area (Å²) in [6.07, 6.45) is 3.35. The molecule has 0 aromatic heterocycles. The van der Waals surface area contributed by atoms with Gasteiger partial charge in [0.05, 0.1) is 12.7 Å². The first-order valence-corrected chi connectivity index (χ1v) is 10.7. The van der Waals surface area contributed by atoms with Crippen molar-refractivity contribution in [2.24, 2.45) is 0 Å². The molecule has 156 valence electrons. The lowest BCUT2D eigenvalue weighted by Crippen LogP contribution is -2.16. The molecule has 0 radical (unpaired) electrons. The van der Waals surface area contributed by atoms with Crippen LogP contribution in [0.3, 0.4) is 0 Å². The van der Waals surface area contributed by atoms with Gasteiger partial charge in [-0.2, -0.15) is 0 Å². The van der Waals surface area contributed by atoms with Crippen molar-refractivity contribution >= 4 is 5.69 Å². The van der Waals surface area contributed by atoms with Gasteiger partial charge < -0.3 is 19.5 Å². The van der Waals surface area contributed by atoms with Crippen LogP contribution >= 0.6 is 0 Å². The smallest absolute Gasteiger partial charge is 0.121 e. The molecule has 1 aliphatic heterocycles. The zero-order chi connectivity index (χ0) is 20.4. The largest absolute Gasteiger partial charge is 0.493 e. The van der Waals surface area contributed by atoms with Crippen LogP contribution in [-0.4, -0.2) is 25.9 Å². The Hall–Kier alpha value is -2.98. The fourth-order valence-electron chi connectivity index (χ4n) is 3.54. The molecule has 1 saturated heterocycles. The maximum absolute atomic E-state index is 5.94. The van der Waals surface area contributed by atoms with Crippen molar-refractivity contribution in [3.05, 3.63) is 90.0 Å². The number of hydrogen-bond acceptors (Lipinski definition) is 4. The molecule has 1 aliphatic rings. The quantitative estimate of drug-likeness (QED) is 0.487. The van der Waals surface area contributed by atoms with Gasteiger partial charge in [0.15, 0.2) is 0 Å². The maximum atomic E-state index is 5.94. The van der Waals surface area contributed by atoms with E-state index < -0.39 is 0 Å². The zero-order valence-corrected chi connectivity index (χ0v) is 17.3. The summed E-state index contributed by atoms with van der Waals surface area (Å²) in [6, 6.07) is 26.7. The number of rotatable bonds is 10. The summed E-state index contributed by atoms with van der Waals surface area (Å²) in [7, 11) is 0. The third-order valence-corrected chi connectivity index (χ3v) is 5.19. The highest BCUT2D eigenvalue weighted by molar-refractivity contribution is 5.48. The standard InChI is InChI=1S/C26H29NO3/c1-2-7-21(8-3-1)14-16-29-24-11-4-9-22(17-24)19-27-23-10-5-12-25(18-23)30-20-26-13-6-15-28-26/h1-5,7-12,17-18,26-27H,6,13-16,19-20H2. The summed E-state index contributed by atoms with van der Waals surface area (Å²) in [4.78, 5) is 0. The molecule has 1 heterocycles. The second kappa shape index (κ2) is 10.7. The van der Waals surface area contributed by atoms with E-state index in [-0.39, 0.29) is 6.10 Å². The topological polar surface area (TPSA) is 39.7 Å². The molecule has 30 heavy (non-hydrogen) atoms. The van der Waals surface area contributed by atoms with E-state index >= 15 is 0 Å². The minimum atomic E-state index is 0.228. The van der Waals surface area contributed by atoms with Crippen LogP contribution in [0.25, 0.3) is 0 Å². The van der Waals surface area contributed by atoms with Gasteiger partial charge in [0, 0.05) is 31.3 Å². The zero-order valence-electron chi connectivity index (χ0n) is 17.3. The van der Waals surface area contributed by atoms with Crippen LogP contribution in [0.2, 0.25) is 0 Å². The lowest BCUT2D eigenvalue weighted by atomic mass is 10.2. The van der Waals surface area contributed by atoms with E-state index in [0.717, 1.165) is 49.6 Å². The minimum absolute atomic E-state index is 0.228. The van der Waals surface area contributed by atoms with Crippen molar-refractivity contribution in [1.82, 2.24) is 0 Å². The van der Waals surface area contributed by atoms with E-state index in [1.54, 1.807) is 0 Å². The highest BCUT2D eigenvalue weighted by Gasteiger charge is 2.15. The van der Waals surface area contributed by atoms with Gasteiger partial charge >= 0.3 is 0 Å². The molecule has 3 aromatic carbocycles. The summed E-state index contributed by atoms with van der Waals surface area (Å²) < 4.78 is 17.5. The van der Waals surface area contributed by atoms with Crippen molar-refractivity contribution in [1.29, 1.82) is 0 Å². The molecular formula is C26H29NO3. The summed E-state index contributed by atoms with van der Waals surface area (Å²) in [5, 5.41) is 3.47. The van der Waals surface area contributed by atoms with Crippen LogP contribution in [-0.2, 0) is 17.7 Å². The Morgan fingerprint density at radius 3 is 2.47 bits per heavy atom. The third-order valence-electron chi connectivity index (χ3n) is 5.19. The van der Waals surface area contributed by atoms with Crippen LogP contribution < -0.4 is 14.8 Å². The van der Waals surface area contributed by atoms with Crippen LogP contribution in [0, 0.1) is 0 Å². The van der Waals surface area contributed by atoms with Gasteiger partial charge in [0.25, 0.3) is 0 Å². The number of anilines is 1. The molecule has 0 bridgehead atoms. The van der Waals surface area contributed by atoms with Crippen LogP contribution in [0.15, 0.2) is 78.9 Å². The van der Waals surface area contributed by atoms with E-state index in [4.69, 9.17) is 14.2 Å². The molecule has 1 fully saturated rings. The second-order valence-electron chi connectivity index (χ2n) is 7.56. The Kier molecular flexibility index (Phi) is 7.24. The van der Waals surface area contributed by atoms with Gasteiger partial charge in [-0.25, -0.2) is 0 Å². The van der Waals surface area contributed by atoms with E-state index in [1.165, 1.54) is 11.1 Å².